The summed E-state index contributed by atoms with van der Waals surface area (Å²) >= 11 is 0. The van der Waals surface area contributed by atoms with Crippen molar-refractivity contribution in [2.75, 3.05) is 29.9 Å². The van der Waals surface area contributed by atoms with Crippen LogP contribution in [0.5, 0.6) is 0 Å². The molecule has 2 aromatic rings. The van der Waals surface area contributed by atoms with Gasteiger partial charge in [0.1, 0.15) is 5.82 Å². The highest BCUT2D eigenvalue weighted by Crippen LogP contribution is 2.22. The number of para-hydroxylation sites is 1. The molecule has 0 bridgehead atoms. The summed E-state index contributed by atoms with van der Waals surface area (Å²) in [6.07, 6.45) is 3.99. The molecule has 6 heteroatoms. The van der Waals surface area contributed by atoms with E-state index in [-0.39, 0.29) is 12.5 Å². The Balaban J connectivity index is 1.71. The molecule has 0 radical (unpaired) electrons. The normalized spacial score (nSPS) is 16.7. The number of pyridine rings is 1. The molecule has 1 amide bonds. The summed E-state index contributed by atoms with van der Waals surface area (Å²) in [7, 11) is 0. The number of aromatic nitrogens is 1. The van der Waals surface area contributed by atoms with Gasteiger partial charge in [0.25, 0.3) is 5.91 Å². The van der Waals surface area contributed by atoms with Crippen LogP contribution in [0.1, 0.15) is 47.4 Å². The molecule has 1 N–H and O–H groups in total. The highest BCUT2D eigenvalue weighted by Gasteiger charge is 2.19. The molecule has 3 rings (SSSR count). The van der Waals surface area contributed by atoms with Crippen LogP contribution in [0.2, 0.25) is 0 Å². The molecule has 1 fully saturated rings. The van der Waals surface area contributed by atoms with Crippen molar-refractivity contribution >= 4 is 23.4 Å². The molecule has 1 aliphatic heterocycles. The average Bonchev–Trinajstić information content (AvgIpc) is 2.68. The van der Waals surface area contributed by atoms with Gasteiger partial charge in [0.2, 0.25) is 0 Å². The van der Waals surface area contributed by atoms with Crippen LogP contribution in [0.25, 0.3) is 0 Å². The van der Waals surface area contributed by atoms with Gasteiger partial charge in [0.05, 0.1) is 23.4 Å². The van der Waals surface area contributed by atoms with Gasteiger partial charge in [-0.2, -0.15) is 0 Å². The van der Waals surface area contributed by atoms with Crippen molar-refractivity contribution in [1.29, 1.82) is 0 Å². The molecule has 0 aliphatic carbocycles. The second-order valence-electron chi connectivity index (χ2n) is 6.82. The summed E-state index contributed by atoms with van der Waals surface area (Å²) in [4.78, 5) is 31.3. The molecule has 1 atom stereocenters. The van der Waals surface area contributed by atoms with Crippen LogP contribution in [-0.2, 0) is 4.74 Å². The third-order valence-corrected chi connectivity index (χ3v) is 4.66. The number of hydrogen-bond donors (Lipinski definition) is 1. The molecule has 142 valence electrons. The number of nitrogens with one attached hydrogen (secondary N) is 1. The Morgan fingerprint density at radius 2 is 2.07 bits per heavy atom. The number of piperidine rings is 1. The molecule has 0 saturated carbocycles. The lowest BCUT2D eigenvalue weighted by molar-refractivity contribution is 0.0527. The van der Waals surface area contributed by atoms with Gasteiger partial charge in [0, 0.05) is 19.3 Å². The Hall–Kier alpha value is -2.89. The average molecular weight is 367 g/mol. The number of rotatable bonds is 5. The van der Waals surface area contributed by atoms with E-state index >= 15 is 0 Å². The zero-order valence-electron chi connectivity index (χ0n) is 15.8. The van der Waals surface area contributed by atoms with Crippen LogP contribution < -0.4 is 10.2 Å². The predicted octanol–water partition coefficient (Wildman–Crippen LogP) is 3.75. The highest BCUT2D eigenvalue weighted by molar-refractivity contribution is 6.07. The maximum atomic E-state index is 12.6. The molecular formula is C21H25N3O3. The fourth-order valence-corrected chi connectivity index (χ4v) is 3.28. The van der Waals surface area contributed by atoms with Gasteiger partial charge in [-0.15, -0.1) is 0 Å². The highest BCUT2D eigenvalue weighted by atomic mass is 16.5. The Bertz CT molecular complexity index is 805. The number of hydrogen-bond acceptors (Lipinski definition) is 5. The van der Waals surface area contributed by atoms with Crippen molar-refractivity contribution < 1.29 is 14.3 Å². The monoisotopic (exact) mass is 367 g/mol. The summed E-state index contributed by atoms with van der Waals surface area (Å²) in [6, 6.07) is 10.5. The van der Waals surface area contributed by atoms with E-state index in [2.05, 4.69) is 22.1 Å². The van der Waals surface area contributed by atoms with Crippen molar-refractivity contribution in [3.8, 4) is 0 Å². The minimum Gasteiger partial charge on any atom is -0.462 e. The smallest absolute Gasteiger partial charge is 0.340 e. The van der Waals surface area contributed by atoms with Crippen LogP contribution in [0.4, 0.5) is 11.5 Å². The molecule has 27 heavy (non-hydrogen) atoms. The minimum atomic E-state index is -0.457. The molecule has 1 saturated heterocycles. The lowest BCUT2D eigenvalue weighted by Crippen LogP contribution is -2.34. The van der Waals surface area contributed by atoms with E-state index in [0.717, 1.165) is 25.3 Å². The first-order chi connectivity index (χ1) is 13.1. The first-order valence-corrected chi connectivity index (χ1v) is 9.37. The molecule has 1 aromatic carbocycles. The van der Waals surface area contributed by atoms with E-state index in [1.54, 1.807) is 43.5 Å². The topological polar surface area (TPSA) is 71.5 Å². The summed E-state index contributed by atoms with van der Waals surface area (Å²) in [5, 5.41) is 2.78. The molecule has 1 aliphatic rings. The van der Waals surface area contributed by atoms with E-state index in [1.165, 1.54) is 6.42 Å². The first kappa shape index (κ1) is 18.9. The van der Waals surface area contributed by atoms with Gasteiger partial charge in [-0.3, -0.25) is 4.79 Å². The van der Waals surface area contributed by atoms with E-state index in [1.807, 2.05) is 6.07 Å². The van der Waals surface area contributed by atoms with Crippen LogP contribution >= 0.6 is 0 Å². The maximum absolute atomic E-state index is 12.6. The standard InChI is InChI=1S/C21H25N3O3/c1-3-27-21(26)17-8-4-5-9-18(17)23-20(25)16-10-11-19(22-13-16)24-12-6-7-15(2)14-24/h4-5,8-11,13,15H,3,6-7,12,14H2,1-2H3,(H,23,25). The van der Waals surface area contributed by atoms with Crippen molar-refractivity contribution in [2.24, 2.45) is 5.92 Å². The predicted molar refractivity (Wildman–Crippen MR) is 105 cm³/mol. The van der Waals surface area contributed by atoms with Crippen LogP contribution in [0, 0.1) is 5.92 Å². The number of amides is 1. The molecule has 1 aromatic heterocycles. The van der Waals surface area contributed by atoms with Crippen LogP contribution in [0.3, 0.4) is 0 Å². The second-order valence-corrected chi connectivity index (χ2v) is 6.82. The van der Waals surface area contributed by atoms with Gasteiger partial charge in [-0.25, -0.2) is 9.78 Å². The van der Waals surface area contributed by atoms with Gasteiger partial charge in [-0.1, -0.05) is 19.1 Å². The second kappa shape index (κ2) is 8.66. The van der Waals surface area contributed by atoms with E-state index in [0.29, 0.717) is 22.7 Å². The number of benzene rings is 1. The van der Waals surface area contributed by atoms with Crippen molar-refractivity contribution in [2.45, 2.75) is 26.7 Å². The zero-order valence-corrected chi connectivity index (χ0v) is 15.8. The summed E-state index contributed by atoms with van der Waals surface area (Å²) < 4.78 is 5.04. The molecule has 2 heterocycles. The van der Waals surface area contributed by atoms with E-state index in [9.17, 15) is 9.59 Å². The summed E-state index contributed by atoms with van der Waals surface area (Å²) in [5.41, 5.74) is 1.21. The quantitative estimate of drug-likeness (QED) is 0.815. The first-order valence-electron chi connectivity index (χ1n) is 9.37. The molecule has 6 nitrogen and oxygen atoms in total. The van der Waals surface area contributed by atoms with Crippen molar-refractivity contribution in [1.82, 2.24) is 4.98 Å². The number of carbonyl (C=O) groups is 2. The fraction of sp³-hybridized carbons (Fsp3) is 0.381. The number of ether oxygens (including phenoxy) is 1. The SMILES string of the molecule is CCOC(=O)c1ccccc1NC(=O)c1ccc(N2CCCC(C)C2)nc1. The van der Waals surface area contributed by atoms with E-state index in [4.69, 9.17) is 4.74 Å². The molecule has 0 spiro atoms. The maximum Gasteiger partial charge on any atom is 0.340 e. The zero-order chi connectivity index (χ0) is 19.2. The fourth-order valence-electron chi connectivity index (χ4n) is 3.28. The van der Waals surface area contributed by atoms with Gasteiger partial charge >= 0.3 is 5.97 Å². The third-order valence-electron chi connectivity index (χ3n) is 4.66. The van der Waals surface area contributed by atoms with Crippen molar-refractivity contribution in [3.63, 3.8) is 0 Å². The largest absolute Gasteiger partial charge is 0.462 e. The number of nitrogens with zero attached hydrogens (tertiary/aromatic N) is 2. The van der Waals surface area contributed by atoms with Gasteiger partial charge in [-0.05, 0) is 49.9 Å². The Morgan fingerprint density at radius 1 is 1.26 bits per heavy atom. The van der Waals surface area contributed by atoms with Crippen LogP contribution in [-0.4, -0.2) is 36.6 Å². The third kappa shape index (κ3) is 4.64. The van der Waals surface area contributed by atoms with Gasteiger partial charge < -0.3 is 15.0 Å². The van der Waals surface area contributed by atoms with Gasteiger partial charge in [0.15, 0.2) is 0 Å². The number of esters is 1. The Kier molecular flexibility index (Phi) is 6.06. The lowest BCUT2D eigenvalue weighted by Gasteiger charge is -2.31. The summed E-state index contributed by atoms with van der Waals surface area (Å²) in [6.45, 7) is 6.26. The number of anilines is 2. The summed E-state index contributed by atoms with van der Waals surface area (Å²) in [5.74, 6) is 0.784. The number of carbonyl (C=O) groups excluding carboxylic acids is 2. The molecule has 1 unspecified atom stereocenters. The van der Waals surface area contributed by atoms with Crippen LogP contribution in [0.15, 0.2) is 42.6 Å². The molecular weight excluding hydrogens is 342 g/mol. The van der Waals surface area contributed by atoms with Crippen molar-refractivity contribution in [3.05, 3.63) is 53.7 Å². The van der Waals surface area contributed by atoms with E-state index < -0.39 is 5.97 Å². The minimum absolute atomic E-state index is 0.279. The Labute approximate surface area is 159 Å². The lowest BCUT2D eigenvalue weighted by atomic mass is 10.0. The Morgan fingerprint density at radius 3 is 2.78 bits per heavy atom.